The highest BCUT2D eigenvalue weighted by molar-refractivity contribution is 5.09. The molecule has 2 heterocycles. The fourth-order valence-electron chi connectivity index (χ4n) is 3.96. The van der Waals surface area contributed by atoms with Crippen LogP contribution in [0.15, 0.2) is 12.5 Å². The first-order valence-corrected chi connectivity index (χ1v) is 8.16. The van der Waals surface area contributed by atoms with Crippen molar-refractivity contribution in [2.24, 2.45) is 17.6 Å². The second-order valence-electron chi connectivity index (χ2n) is 6.40. The quantitative estimate of drug-likeness (QED) is 0.920. The van der Waals surface area contributed by atoms with Gasteiger partial charge in [-0.3, -0.25) is 0 Å². The summed E-state index contributed by atoms with van der Waals surface area (Å²) in [6.45, 7) is 3.96. The van der Waals surface area contributed by atoms with Crippen LogP contribution in [-0.4, -0.2) is 22.8 Å². The molecule has 1 saturated carbocycles. The van der Waals surface area contributed by atoms with E-state index in [2.05, 4.69) is 16.5 Å². The maximum atomic E-state index is 6.50. The molecule has 2 N–H and O–H groups in total. The monoisotopic (exact) mass is 277 g/mol. The molecule has 1 saturated heterocycles. The predicted octanol–water partition coefficient (Wildman–Crippen LogP) is 3.06. The lowest BCUT2D eigenvalue weighted by Crippen LogP contribution is -2.29. The second-order valence-corrected chi connectivity index (χ2v) is 6.40. The molecule has 3 rings (SSSR count). The Hall–Kier alpha value is -0.870. The Kier molecular flexibility index (Phi) is 4.41. The van der Waals surface area contributed by atoms with Gasteiger partial charge in [0.05, 0.1) is 24.7 Å². The van der Waals surface area contributed by atoms with Gasteiger partial charge in [-0.1, -0.05) is 26.2 Å². The van der Waals surface area contributed by atoms with Gasteiger partial charge in [-0.05, 0) is 25.2 Å². The smallest absolute Gasteiger partial charge is 0.0951 e. The molecule has 0 spiro atoms. The van der Waals surface area contributed by atoms with Crippen LogP contribution in [0.25, 0.3) is 0 Å². The maximum absolute atomic E-state index is 6.50. The van der Waals surface area contributed by atoms with Gasteiger partial charge in [0.25, 0.3) is 0 Å². The summed E-state index contributed by atoms with van der Waals surface area (Å²) in [6.07, 6.45) is 11.6. The van der Waals surface area contributed by atoms with Gasteiger partial charge < -0.3 is 15.0 Å². The van der Waals surface area contributed by atoms with Crippen molar-refractivity contribution in [2.75, 3.05) is 13.2 Å². The third kappa shape index (κ3) is 2.63. The molecule has 20 heavy (non-hydrogen) atoms. The molecule has 0 amide bonds. The number of imidazole rings is 1. The van der Waals surface area contributed by atoms with Gasteiger partial charge in [0.2, 0.25) is 0 Å². The number of nitrogens with zero attached hydrogens (tertiary/aromatic N) is 2. The summed E-state index contributed by atoms with van der Waals surface area (Å²) in [6, 6.07) is 0.666. The van der Waals surface area contributed by atoms with Crippen LogP contribution < -0.4 is 5.73 Å². The SMILES string of the molecule is CCC1CCCCC1n1cncc1C(N)C1CCOC1. The fourth-order valence-corrected chi connectivity index (χ4v) is 3.96. The van der Waals surface area contributed by atoms with Crippen LogP contribution >= 0.6 is 0 Å². The average molecular weight is 277 g/mol. The van der Waals surface area contributed by atoms with Crippen LogP contribution in [0, 0.1) is 11.8 Å². The molecule has 1 aliphatic heterocycles. The van der Waals surface area contributed by atoms with E-state index in [4.69, 9.17) is 10.5 Å². The molecule has 4 heteroatoms. The third-order valence-corrected chi connectivity index (χ3v) is 5.26. The normalized spacial score (nSPS) is 32.4. The van der Waals surface area contributed by atoms with E-state index in [1.807, 2.05) is 12.5 Å². The highest BCUT2D eigenvalue weighted by Gasteiger charge is 2.31. The van der Waals surface area contributed by atoms with Crippen molar-refractivity contribution in [3.8, 4) is 0 Å². The van der Waals surface area contributed by atoms with E-state index in [0.717, 1.165) is 25.6 Å². The van der Waals surface area contributed by atoms with E-state index in [-0.39, 0.29) is 6.04 Å². The molecular weight excluding hydrogens is 250 g/mol. The summed E-state index contributed by atoms with van der Waals surface area (Å²) in [4.78, 5) is 4.40. The van der Waals surface area contributed by atoms with Crippen LogP contribution in [0.2, 0.25) is 0 Å². The van der Waals surface area contributed by atoms with E-state index in [1.54, 1.807) is 0 Å². The van der Waals surface area contributed by atoms with Crippen molar-refractivity contribution < 1.29 is 4.74 Å². The molecule has 4 unspecified atom stereocenters. The Bertz CT molecular complexity index is 425. The molecule has 1 aliphatic carbocycles. The molecule has 112 valence electrons. The van der Waals surface area contributed by atoms with E-state index in [0.29, 0.717) is 12.0 Å². The molecule has 1 aromatic heterocycles. The van der Waals surface area contributed by atoms with Crippen molar-refractivity contribution in [1.29, 1.82) is 0 Å². The molecule has 0 aromatic carbocycles. The van der Waals surface area contributed by atoms with E-state index in [1.165, 1.54) is 37.8 Å². The summed E-state index contributed by atoms with van der Waals surface area (Å²) in [5.41, 5.74) is 7.71. The Morgan fingerprint density at radius 2 is 2.25 bits per heavy atom. The molecule has 4 atom stereocenters. The van der Waals surface area contributed by atoms with Crippen molar-refractivity contribution in [3.63, 3.8) is 0 Å². The minimum absolute atomic E-state index is 0.0689. The zero-order chi connectivity index (χ0) is 13.9. The van der Waals surface area contributed by atoms with Crippen molar-refractivity contribution >= 4 is 0 Å². The van der Waals surface area contributed by atoms with Gasteiger partial charge in [-0.15, -0.1) is 0 Å². The van der Waals surface area contributed by atoms with Crippen LogP contribution in [0.1, 0.15) is 63.2 Å². The van der Waals surface area contributed by atoms with Crippen molar-refractivity contribution in [3.05, 3.63) is 18.2 Å². The molecule has 0 bridgehead atoms. The lowest BCUT2D eigenvalue weighted by Gasteiger charge is -2.34. The first kappa shape index (κ1) is 14.1. The van der Waals surface area contributed by atoms with E-state index < -0.39 is 0 Å². The van der Waals surface area contributed by atoms with E-state index in [9.17, 15) is 0 Å². The van der Waals surface area contributed by atoms with Crippen LogP contribution in [0.3, 0.4) is 0 Å². The lowest BCUT2D eigenvalue weighted by atomic mass is 9.82. The number of rotatable bonds is 4. The Morgan fingerprint density at radius 3 is 3.00 bits per heavy atom. The molecule has 2 fully saturated rings. The number of hydrogen-bond acceptors (Lipinski definition) is 3. The highest BCUT2D eigenvalue weighted by atomic mass is 16.5. The summed E-state index contributed by atoms with van der Waals surface area (Å²) < 4.78 is 7.88. The average Bonchev–Trinajstić information content (AvgIpc) is 3.17. The fraction of sp³-hybridized carbons (Fsp3) is 0.812. The van der Waals surface area contributed by atoms with Gasteiger partial charge in [-0.25, -0.2) is 4.98 Å². The van der Waals surface area contributed by atoms with E-state index >= 15 is 0 Å². The number of aromatic nitrogens is 2. The second kappa shape index (κ2) is 6.27. The predicted molar refractivity (Wildman–Crippen MR) is 79.4 cm³/mol. The maximum Gasteiger partial charge on any atom is 0.0951 e. The summed E-state index contributed by atoms with van der Waals surface area (Å²) in [5, 5.41) is 0. The minimum atomic E-state index is 0.0689. The van der Waals surface area contributed by atoms with Gasteiger partial charge >= 0.3 is 0 Å². The molecule has 2 aliphatic rings. The van der Waals surface area contributed by atoms with Gasteiger partial charge in [0.1, 0.15) is 0 Å². The topological polar surface area (TPSA) is 53.1 Å². The van der Waals surface area contributed by atoms with Crippen LogP contribution in [0.4, 0.5) is 0 Å². The number of hydrogen-bond donors (Lipinski definition) is 1. The van der Waals surface area contributed by atoms with Crippen molar-refractivity contribution in [2.45, 2.75) is 57.5 Å². The summed E-state index contributed by atoms with van der Waals surface area (Å²) in [7, 11) is 0. The largest absolute Gasteiger partial charge is 0.381 e. The van der Waals surface area contributed by atoms with Crippen LogP contribution in [0.5, 0.6) is 0 Å². The first-order chi connectivity index (χ1) is 9.81. The Labute approximate surface area is 121 Å². The molecule has 4 nitrogen and oxygen atoms in total. The molecule has 0 radical (unpaired) electrons. The summed E-state index contributed by atoms with van der Waals surface area (Å²) in [5.74, 6) is 1.23. The van der Waals surface area contributed by atoms with Gasteiger partial charge in [-0.2, -0.15) is 0 Å². The third-order valence-electron chi connectivity index (χ3n) is 5.26. The number of ether oxygens (including phenoxy) is 1. The van der Waals surface area contributed by atoms with Gasteiger partial charge in [0, 0.05) is 24.8 Å². The molecular formula is C16H27N3O. The standard InChI is InChI=1S/C16H27N3O/c1-2-12-5-3-4-6-14(12)19-11-18-9-15(19)16(17)13-7-8-20-10-13/h9,11-14,16H,2-8,10,17H2,1H3. The van der Waals surface area contributed by atoms with Crippen LogP contribution in [-0.2, 0) is 4.74 Å². The lowest BCUT2D eigenvalue weighted by molar-refractivity contribution is 0.178. The zero-order valence-electron chi connectivity index (χ0n) is 12.5. The number of nitrogens with two attached hydrogens (primary N) is 1. The van der Waals surface area contributed by atoms with Crippen molar-refractivity contribution in [1.82, 2.24) is 9.55 Å². The Balaban J connectivity index is 1.81. The molecule has 1 aromatic rings. The first-order valence-electron chi connectivity index (χ1n) is 8.16. The Morgan fingerprint density at radius 1 is 1.40 bits per heavy atom. The minimum Gasteiger partial charge on any atom is -0.381 e. The highest BCUT2D eigenvalue weighted by Crippen LogP contribution is 2.38. The van der Waals surface area contributed by atoms with Gasteiger partial charge in [0.15, 0.2) is 0 Å². The summed E-state index contributed by atoms with van der Waals surface area (Å²) >= 11 is 0. The zero-order valence-corrected chi connectivity index (χ0v) is 12.5.